The molecule has 0 fully saturated rings. The maximum atomic E-state index is 13.0. The smallest absolute Gasteiger partial charge is 0.370 e. The summed E-state index contributed by atoms with van der Waals surface area (Å²) < 4.78 is 39.0. The van der Waals surface area contributed by atoms with E-state index in [0.717, 1.165) is 19.0 Å². The molecule has 0 bridgehead atoms. The van der Waals surface area contributed by atoms with E-state index in [-0.39, 0.29) is 5.56 Å². The van der Waals surface area contributed by atoms with Crippen LogP contribution in [0.5, 0.6) is 0 Å². The van der Waals surface area contributed by atoms with Gasteiger partial charge in [0.25, 0.3) is 0 Å². The van der Waals surface area contributed by atoms with Gasteiger partial charge in [-0.1, -0.05) is 31.2 Å². The molecule has 0 saturated carbocycles. The third-order valence-corrected chi connectivity index (χ3v) is 2.81. The Morgan fingerprint density at radius 1 is 1.05 bits per heavy atom. The summed E-state index contributed by atoms with van der Waals surface area (Å²) >= 11 is 0. The van der Waals surface area contributed by atoms with E-state index in [1.165, 1.54) is 12.1 Å². The van der Waals surface area contributed by atoms with Crippen LogP contribution < -0.4 is 5.32 Å². The molecule has 0 aliphatic rings. The number of hydrogen-bond acceptors (Lipinski definition) is 2. The van der Waals surface area contributed by atoms with Crippen LogP contribution in [0.25, 0.3) is 11.3 Å². The second-order valence-electron chi connectivity index (χ2n) is 4.38. The van der Waals surface area contributed by atoms with Gasteiger partial charge in [-0.25, -0.2) is 4.98 Å². The Labute approximate surface area is 115 Å². The van der Waals surface area contributed by atoms with E-state index in [9.17, 15) is 13.2 Å². The number of aromatic nitrogens is 1. The van der Waals surface area contributed by atoms with Crippen molar-refractivity contribution in [3.63, 3.8) is 0 Å². The summed E-state index contributed by atoms with van der Waals surface area (Å²) in [6.07, 6.45) is -3.46. The maximum Gasteiger partial charge on any atom is 0.417 e. The number of rotatable bonds is 4. The molecule has 0 radical (unpaired) electrons. The lowest BCUT2D eigenvalue weighted by Gasteiger charge is -2.13. The first-order valence-corrected chi connectivity index (χ1v) is 6.40. The van der Waals surface area contributed by atoms with Crippen LogP contribution in [0.4, 0.5) is 19.0 Å². The third kappa shape index (κ3) is 3.29. The number of anilines is 1. The molecule has 1 heterocycles. The van der Waals surface area contributed by atoms with E-state index in [1.54, 1.807) is 24.3 Å². The molecular weight excluding hydrogens is 265 g/mol. The van der Waals surface area contributed by atoms with E-state index in [2.05, 4.69) is 10.3 Å². The summed E-state index contributed by atoms with van der Waals surface area (Å²) in [5.41, 5.74) is -0.251. The summed E-state index contributed by atoms with van der Waals surface area (Å²) in [5.74, 6) is 0.585. The second-order valence-corrected chi connectivity index (χ2v) is 4.38. The molecule has 0 spiro atoms. The van der Waals surface area contributed by atoms with Gasteiger partial charge >= 0.3 is 6.18 Å². The highest BCUT2D eigenvalue weighted by Gasteiger charge is 2.33. The topological polar surface area (TPSA) is 24.9 Å². The highest BCUT2D eigenvalue weighted by molar-refractivity contribution is 5.66. The molecule has 0 aliphatic heterocycles. The predicted molar refractivity (Wildman–Crippen MR) is 73.5 cm³/mol. The first kappa shape index (κ1) is 14.4. The standard InChI is InChI=1S/C15H15F3N2/c1-2-10-19-14-9-5-8-13(20-14)11-6-3-4-7-12(11)15(16,17)18/h3-9H,2,10H2,1H3,(H,19,20). The Morgan fingerprint density at radius 2 is 1.80 bits per heavy atom. The summed E-state index contributed by atoms with van der Waals surface area (Å²) in [4.78, 5) is 4.24. The zero-order valence-electron chi connectivity index (χ0n) is 11.0. The van der Waals surface area contributed by atoms with Crippen LogP contribution in [0.3, 0.4) is 0 Å². The highest BCUT2D eigenvalue weighted by atomic mass is 19.4. The molecule has 5 heteroatoms. The molecule has 2 nitrogen and oxygen atoms in total. The molecule has 2 aromatic rings. The number of nitrogens with one attached hydrogen (secondary N) is 1. The Bertz CT molecular complexity index is 579. The second kappa shape index (κ2) is 5.94. The van der Waals surface area contributed by atoms with Crippen molar-refractivity contribution in [2.75, 3.05) is 11.9 Å². The van der Waals surface area contributed by atoms with Crippen molar-refractivity contribution in [2.24, 2.45) is 0 Å². The molecule has 0 saturated heterocycles. The fourth-order valence-electron chi connectivity index (χ4n) is 1.89. The van der Waals surface area contributed by atoms with Crippen LogP contribution >= 0.6 is 0 Å². The largest absolute Gasteiger partial charge is 0.417 e. The van der Waals surface area contributed by atoms with Gasteiger partial charge in [0.05, 0.1) is 11.3 Å². The number of hydrogen-bond donors (Lipinski definition) is 1. The lowest BCUT2D eigenvalue weighted by molar-refractivity contribution is -0.137. The van der Waals surface area contributed by atoms with Crippen LogP contribution in [0.15, 0.2) is 42.5 Å². The van der Waals surface area contributed by atoms with E-state index in [0.29, 0.717) is 11.5 Å². The van der Waals surface area contributed by atoms with Gasteiger partial charge < -0.3 is 5.32 Å². The number of halogens is 3. The van der Waals surface area contributed by atoms with Crippen molar-refractivity contribution >= 4 is 5.82 Å². The molecule has 1 aromatic heterocycles. The average Bonchev–Trinajstić information content (AvgIpc) is 2.44. The fraction of sp³-hybridized carbons (Fsp3) is 0.267. The zero-order chi connectivity index (χ0) is 14.6. The maximum absolute atomic E-state index is 13.0. The minimum atomic E-state index is -4.38. The van der Waals surface area contributed by atoms with Gasteiger partial charge in [-0.2, -0.15) is 13.2 Å². The Hall–Kier alpha value is -2.04. The third-order valence-electron chi connectivity index (χ3n) is 2.81. The molecule has 0 amide bonds. The summed E-state index contributed by atoms with van der Waals surface area (Å²) in [7, 11) is 0. The first-order chi connectivity index (χ1) is 9.52. The van der Waals surface area contributed by atoms with E-state index >= 15 is 0 Å². The quantitative estimate of drug-likeness (QED) is 0.886. The van der Waals surface area contributed by atoms with Crippen molar-refractivity contribution in [1.82, 2.24) is 4.98 Å². The van der Waals surface area contributed by atoms with E-state index in [4.69, 9.17) is 0 Å². The Kier molecular flexibility index (Phi) is 4.27. The fourth-order valence-corrected chi connectivity index (χ4v) is 1.89. The molecular formula is C15H15F3N2. The van der Waals surface area contributed by atoms with Gasteiger partial charge in [-0.3, -0.25) is 0 Å². The molecule has 2 rings (SSSR count). The van der Waals surface area contributed by atoms with Gasteiger partial charge in [-0.15, -0.1) is 0 Å². The molecule has 0 aliphatic carbocycles. The molecule has 1 N–H and O–H groups in total. The van der Waals surface area contributed by atoms with Crippen molar-refractivity contribution in [3.8, 4) is 11.3 Å². The normalized spacial score (nSPS) is 11.4. The number of pyridine rings is 1. The van der Waals surface area contributed by atoms with Gasteiger partial charge in [0, 0.05) is 12.1 Å². The monoisotopic (exact) mass is 280 g/mol. The molecule has 1 aromatic carbocycles. The number of benzene rings is 1. The van der Waals surface area contributed by atoms with Crippen molar-refractivity contribution in [1.29, 1.82) is 0 Å². The summed E-state index contributed by atoms with van der Waals surface area (Å²) in [5, 5.41) is 3.07. The molecule has 0 atom stereocenters. The van der Waals surface area contributed by atoms with Crippen molar-refractivity contribution < 1.29 is 13.2 Å². The Balaban J connectivity index is 2.42. The van der Waals surface area contributed by atoms with Gasteiger partial charge in [-0.05, 0) is 24.6 Å². The van der Waals surface area contributed by atoms with Gasteiger partial charge in [0.15, 0.2) is 0 Å². The highest BCUT2D eigenvalue weighted by Crippen LogP contribution is 2.36. The van der Waals surface area contributed by atoms with Crippen LogP contribution in [-0.2, 0) is 6.18 Å². The average molecular weight is 280 g/mol. The SMILES string of the molecule is CCCNc1cccc(-c2ccccc2C(F)(F)F)n1. The van der Waals surface area contributed by atoms with E-state index in [1.807, 2.05) is 6.92 Å². The lowest BCUT2D eigenvalue weighted by Crippen LogP contribution is -2.08. The number of alkyl halides is 3. The van der Waals surface area contributed by atoms with Crippen LogP contribution in [0.1, 0.15) is 18.9 Å². The van der Waals surface area contributed by atoms with E-state index < -0.39 is 11.7 Å². The molecule has 20 heavy (non-hydrogen) atoms. The molecule has 106 valence electrons. The minimum Gasteiger partial charge on any atom is -0.370 e. The van der Waals surface area contributed by atoms with Crippen molar-refractivity contribution in [3.05, 3.63) is 48.0 Å². The number of nitrogens with zero attached hydrogens (tertiary/aromatic N) is 1. The summed E-state index contributed by atoms with van der Waals surface area (Å²) in [6, 6.07) is 10.5. The van der Waals surface area contributed by atoms with Crippen LogP contribution in [-0.4, -0.2) is 11.5 Å². The molecule has 0 unspecified atom stereocenters. The van der Waals surface area contributed by atoms with Crippen LogP contribution in [0.2, 0.25) is 0 Å². The van der Waals surface area contributed by atoms with Crippen LogP contribution in [0, 0.1) is 0 Å². The van der Waals surface area contributed by atoms with Crippen molar-refractivity contribution in [2.45, 2.75) is 19.5 Å². The lowest BCUT2D eigenvalue weighted by atomic mass is 10.0. The van der Waals surface area contributed by atoms with Gasteiger partial charge in [0.1, 0.15) is 5.82 Å². The zero-order valence-corrected chi connectivity index (χ0v) is 11.0. The first-order valence-electron chi connectivity index (χ1n) is 6.40. The Morgan fingerprint density at radius 3 is 2.50 bits per heavy atom. The van der Waals surface area contributed by atoms with Gasteiger partial charge in [0.2, 0.25) is 0 Å². The minimum absolute atomic E-state index is 0.0974. The predicted octanol–water partition coefficient (Wildman–Crippen LogP) is 4.59. The summed E-state index contributed by atoms with van der Waals surface area (Å²) in [6.45, 7) is 2.74.